The van der Waals surface area contributed by atoms with E-state index in [1.54, 1.807) is 39.3 Å². The fourth-order valence-corrected chi connectivity index (χ4v) is 1.11. The van der Waals surface area contributed by atoms with Gasteiger partial charge in [0.15, 0.2) is 0 Å². The first kappa shape index (κ1) is 15.2. The number of nitrogens with zero attached hydrogens (tertiary/aromatic N) is 2. The van der Waals surface area contributed by atoms with Crippen LogP contribution in [0.3, 0.4) is 0 Å². The second kappa shape index (κ2) is 5.86. The lowest BCUT2D eigenvalue weighted by Gasteiger charge is -2.37. The van der Waals surface area contributed by atoms with E-state index in [2.05, 4.69) is 5.10 Å². The van der Waals surface area contributed by atoms with E-state index in [9.17, 15) is 5.11 Å². The standard InChI is InChI=1S/C12H22BN2O3/c1-11(2,16)12(3,4)18-13-10-8-14-15(9-10)6-7-17-5/h8-9,16H,6-7H2,1-5H3. The zero-order chi connectivity index (χ0) is 13.8. The molecule has 1 radical (unpaired) electrons. The van der Waals surface area contributed by atoms with Crippen molar-refractivity contribution in [2.24, 2.45) is 0 Å². The molecule has 0 atom stereocenters. The quantitative estimate of drug-likeness (QED) is 0.712. The van der Waals surface area contributed by atoms with Gasteiger partial charge in [0.05, 0.1) is 24.4 Å². The van der Waals surface area contributed by atoms with Gasteiger partial charge in [0.25, 0.3) is 0 Å². The number of rotatable bonds is 7. The van der Waals surface area contributed by atoms with E-state index >= 15 is 0 Å². The minimum absolute atomic E-state index is 0.622. The molecule has 0 saturated carbocycles. The summed E-state index contributed by atoms with van der Waals surface area (Å²) in [5.41, 5.74) is -0.722. The molecule has 0 amide bonds. The van der Waals surface area contributed by atoms with Gasteiger partial charge in [-0.25, -0.2) is 0 Å². The third-order valence-electron chi connectivity index (χ3n) is 3.14. The highest BCUT2D eigenvalue weighted by Gasteiger charge is 2.35. The zero-order valence-electron chi connectivity index (χ0n) is 11.8. The Kier molecular flexibility index (Phi) is 4.96. The number of ether oxygens (including phenoxy) is 1. The molecule has 1 aromatic heterocycles. The van der Waals surface area contributed by atoms with Crippen molar-refractivity contribution in [3.8, 4) is 0 Å². The summed E-state index contributed by atoms with van der Waals surface area (Å²) in [7, 11) is 3.28. The Hall–Kier alpha value is -0.845. The van der Waals surface area contributed by atoms with Gasteiger partial charge in [0, 0.05) is 19.5 Å². The van der Waals surface area contributed by atoms with E-state index in [1.165, 1.54) is 0 Å². The molecule has 6 heteroatoms. The normalized spacial score (nSPS) is 12.8. The van der Waals surface area contributed by atoms with Crippen molar-refractivity contribution < 1.29 is 14.5 Å². The summed E-state index contributed by atoms with van der Waals surface area (Å²) in [6.07, 6.45) is 3.59. The van der Waals surface area contributed by atoms with Crippen LogP contribution in [0.15, 0.2) is 12.4 Å². The van der Waals surface area contributed by atoms with Gasteiger partial charge in [-0.3, -0.25) is 4.68 Å². The van der Waals surface area contributed by atoms with Crippen molar-refractivity contribution in [1.29, 1.82) is 0 Å². The second-order valence-corrected chi connectivity index (χ2v) is 5.33. The zero-order valence-corrected chi connectivity index (χ0v) is 11.8. The summed E-state index contributed by atoms with van der Waals surface area (Å²) in [5, 5.41) is 14.1. The fourth-order valence-electron chi connectivity index (χ4n) is 1.11. The molecule has 18 heavy (non-hydrogen) atoms. The first-order chi connectivity index (χ1) is 8.26. The Balaban J connectivity index is 2.51. The molecule has 1 rings (SSSR count). The largest absolute Gasteiger partial charge is 0.427 e. The average molecular weight is 253 g/mol. The molecule has 0 aliphatic heterocycles. The summed E-state index contributed by atoms with van der Waals surface area (Å²) in [5.74, 6) is 0. The van der Waals surface area contributed by atoms with Crippen molar-refractivity contribution in [3.05, 3.63) is 12.4 Å². The van der Waals surface area contributed by atoms with Crippen molar-refractivity contribution in [2.75, 3.05) is 13.7 Å². The van der Waals surface area contributed by atoms with E-state index in [0.29, 0.717) is 13.2 Å². The van der Waals surface area contributed by atoms with Crippen LogP contribution in [0.4, 0.5) is 0 Å². The Morgan fingerprint density at radius 3 is 2.61 bits per heavy atom. The predicted octanol–water partition coefficient (Wildman–Crippen LogP) is 0.340. The number of methoxy groups -OCH3 is 1. The van der Waals surface area contributed by atoms with Crippen LogP contribution in [0.1, 0.15) is 27.7 Å². The molecular weight excluding hydrogens is 231 g/mol. The Bertz CT molecular complexity index is 372. The highest BCUT2D eigenvalue weighted by atomic mass is 16.5. The van der Waals surface area contributed by atoms with Crippen LogP contribution in [0.25, 0.3) is 0 Å². The molecule has 0 spiro atoms. The molecule has 0 unspecified atom stereocenters. The van der Waals surface area contributed by atoms with Gasteiger partial charge in [-0.15, -0.1) is 0 Å². The van der Waals surface area contributed by atoms with Crippen LogP contribution >= 0.6 is 0 Å². The Labute approximate surface area is 109 Å². The summed E-state index contributed by atoms with van der Waals surface area (Å²) in [6.45, 7) is 8.47. The third kappa shape index (κ3) is 4.12. The third-order valence-corrected chi connectivity index (χ3v) is 3.14. The minimum atomic E-state index is -0.921. The van der Waals surface area contributed by atoms with Crippen molar-refractivity contribution in [2.45, 2.75) is 45.4 Å². The smallest absolute Gasteiger partial charge is 0.334 e. The van der Waals surface area contributed by atoms with Gasteiger partial charge in [-0.2, -0.15) is 5.10 Å². The number of hydrogen-bond acceptors (Lipinski definition) is 4. The van der Waals surface area contributed by atoms with E-state index in [1.807, 2.05) is 20.0 Å². The summed E-state index contributed by atoms with van der Waals surface area (Å²) < 4.78 is 12.4. The number of aromatic nitrogens is 2. The van der Waals surface area contributed by atoms with Crippen LogP contribution in [-0.2, 0) is 15.9 Å². The van der Waals surface area contributed by atoms with Gasteiger partial charge in [0.2, 0.25) is 0 Å². The molecule has 1 heterocycles. The van der Waals surface area contributed by atoms with Crippen molar-refractivity contribution >= 4 is 12.9 Å². The van der Waals surface area contributed by atoms with Gasteiger partial charge < -0.3 is 14.5 Å². The molecule has 1 aromatic rings. The second-order valence-electron chi connectivity index (χ2n) is 5.33. The molecule has 0 fully saturated rings. The van der Waals surface area contributed by atoms with Gasteiger partial charge in [-0.05, 0) is 33.2 Å². The first-order valence-electron chi connectivity index (χ1n) is 6.01. The van der Waals surface area contributed by atoms with Crippen LogP contribution in [0.5, 0.6) is 0 Å². The lowest BCUT2D eigenvalue weighted by molar-refractivity contribution is -0.0893. The van der Waals surface area contributed by atoms with Gasteiger partial charge in [0.1, 0.15) is 0 Å². The SMILES string of the molecule is COCCn1cc([B]OC(C)(C)C(C)(C)O)cn1. The minimum Gasteiger partial charge on any atom is -0.427 e. The maximum atomic E-state index is 9.96. The van der Waals surface area contributed by atoms with Gasteiger partial charge >= 0.3 is 7.48 Å². The monoisotopic (exact) mass is 253 g/mol. The lowest BCUT2D eigenvalue weighted by Crippen LogP contribution is -2.49. The topological polar surface area (TPSA) is 56.5 Å². The lowest BCUT2D eigenvalue weighted by atomic mass is 9.84. The molecule has 0 aliphatic carbocycles. The molecule has 0 bridgehead atoms. The highest BCUT2D eigenvalue weighted by Crippen LogP contribution is 2.24. The molecule has 0 aromatic carbocycles. The predicted molar refractivity (Wildman–Crippen MR) is 71.0 cm³/mol. The highest BCUT2D eigenvalue weighted by molar-refractivity contribution is 6.46. The van der Waals surface area contributed by atoms with Gasteiger partial charge in [-0.1, -0.05) is 0 Å². The maximum absolute atomic E-state index is 9.96. The average Bonchev–Trinajstić information content (AvgIpc) is 2.70. The molecule has 101 valence electrons. The molecular formula is C12H22BN2O3. The molecule has 0 aliphatic rings. The summed E-state index contributed by atoms with van der Waals surface area (Å²) in [4.78, 5) is 0. The fraction of sp³-hybridized carbons (Fsp3) is 0.750. The van der Waals surface area contributed by atoms with E-state index in [4.69, 9.17) is 9.39 Å². The Morgan fingerprint density at radius 2 is 2.06 bits per heavy atom. The van der Waals surface area contributed by atoms with Crippen LogP contribution in [-0.4, -0.2) is 47.3 Å². The molecule has 5 nitrogen and oxygen atoms in total. The summed E-state index contributed by atoms with van der Waals surface area (Å²) >= 11 is 0. The molecule has 0 saturated heterocycles. The number of aliphatic hydroxyl groups is 1. The Morgan fingerprint density at radius 1 is 1.39 bits per heavy atom. The van der Waals surface area contributed by atoms with Crippen LogP contribution < -0.4 is 5.46 Å². The molecule has 1 N–H and O–H groups in total. The maximum Gasteiger partial charge on any atom is 0.334 e. The summed E-state index contributed by atoms with van der Waals surface area (Å²) in [6, 6.07) is 0. The number of hydrogen-bond donors (Lipinski definition) is 1. The first-order valence-corrected chi connectivity index (χ1v) is 6.01. The van der Waals surface area contributed by atoms with E-state index in [-0.39, 0.29) is 0 Å². The van der Waals surface area contributed by atoms with E-state index in [0.717, 1.165) is 5.46 Å². The van der Waals surface area contributed by atoms with Crippen LogP contribution in [0.2, 0.25) is 0 Å². The van der Waals surface area contributed by atoms with E-state index < -0.39 is 11.2 Å². The van der Waals surface area contributed by atoms with Crippen molar-refractivity contribution in [1.82, 2.24) is 9.78 Å². The van der Waals surface area contributed by atoms with Crippen LogP contribution in [0, 0.1) is 0 Å². The van der Waals surface area contributed by atoms with Crippen molar-refractivity contribution in [3.63, 3.8) is 0 Å².